The molecule has 1 atom stereocenters. The summed E-state index contributed by atoms with van der Waals surface area (Å²) in [5.41, 5.74) is 3.18. The first kappa shape index (κ1) is 19.9. The quantitative estimate of drug-likeness (QED) is 0.757. The zero-order chi connectivity index (χ0) is 21.2. The second-order valence-electron chi connectivity index (χ2n) is 8.13. The molecule has 0 radical (unpaired) electrons. The van der Waals surface area contributed by atoms with Crippen LogP contribution in [0.15, 0.2) is 48.5 Å². The molecular formula is C24H27N3O4. The van der Waals surface area contributed by atoms with Gasteiger partial charge in [-0.25, -0.2) is 0 Å². The number of anilines is 2. The Morgan fingerprint density at radius 3 is 2.52 bits per heavy atom. The van der Waals surface area contributed by atoms with Crippen molar-refractivity contribution in [3.8, 4) is 5.75 Å². The molecule has 0 unspecified atom stereocenters. The molecule has 31 heavy (non-hydrogen) atoms. The number of morpholine rings is 1. The Labute approximate surface area is 182 Å². The summed E-state index contributed by atoms with van der Waals surface area (Å²) in [5, 5.41) is 0. The molecule has 2 aromatic rings. The number of carbonyl (C=O) groups excluding carboxylic acids is 2. The van der Waals surface area contributed by atoms with Crippen molar-refractivity contribution >= 4 is 23.2 Å². The third kappa shape index (κ3) is 3.97. The van der Waals surface area contributed by atoms with Gasteiger partial charge >= 0.3 is 0 Å². The number of amides is 2. The Kier molecular flexibility index (Phi) is 5.51. The lowest BCUT2D eigenvalue weighted by atomic mass is 10.1. The molecule has 0 N–H and O–H groups in total. The van der Waals surface area contributed by atoms with Crippen molar-refractivity contribution in [1.82, 2.24) is 4.90 Å². The van der Waals surface area contributed by atoms with Crippen molar-refractivity contribution in [2.75, 3.05) is 55.7 Å². The highest BCUT2D eigenvalue weighted by Gasteiger charge is 2.34. The predicted octanol–water partition coefficient (Wildman–Crippen LogP) is 2.09. The molecule has 3 heterocycles. The van der Waals surface area contributed by atoms with Crippen molar-refractivity contribution in [2.24, 2.45) is 0 Å². The van der Waals surface area contributed by atoms with Crippen LogP contribution >= 0.6 is 0 Å². The number of rotatable bonds is 4. The van der Waals surface area contributed by atoms with Crippen molar-refractivity contribution < 1.29 is 19.1 Å². The second kappa shape index (κ2) is 8.59. The third-order valence-corrected chi connectivity index (χ3v) is 6.24. The number of ether oxygens (including phenoxy) is 2. The van der Waals surface area contributed by atoms with Crippen LogP contribution in [0.25, 0.3) is 0 Å². The van der Waals surface area contributed by atoms with Crippen LogP contribution in [-0.2, 0) is 20.7 Å². The number of nitrogens with zero attached hydrogens (tertiary/aromatic N) is 3. The van der Waals surface area contributed by atoms with Crippen molar-refractivity contribution in [3.63, 3.8) is 0 Å². The normalized spacial score (nSPS) is 20.1. The highest BCUT2D eigenvalue weighted by Crippen LogP contribution is 2.34. The summed E-state index contributed by atoms with van der Waals surface area (Å²) in [6.45, 7) is 4.02. The van der Waals surface area contributed by atoms with Crippen LogP contribution in [0.2, 0.25) is 0 Å². The van der Waals surface area contributed by atoms with Gasteiger partial charge in [0.2, 0.25) is 5.91 Å². The van der Waals surface area contributed by atoms with E-state index in [0.717, 1.165) is 24.3 Å². The molecule has 2 aromatic carbocycles. The molecule has 2 amide bonds. The van der Waals surface area contributed by atoms with Crippen LogP contribution in [0, 0.1) is 0 Å². The van der Waals surface area contributed by atoms with E-state index in [0.29, 0.717) is 51.6 Å². The van der Waals surface area contributed by atoms with Gasteiger partial charge in [-0.1, -0.05) is 30.3 Å². The van der Waals surface area contributed by atoms with Gasteiger partial charge in [0.25, 0.3) is 5.91 Å². The lowest BCUT2D eigenvalue weighted by Gasteiger charge is -2.38. The molecule has 0 bridgehead atoms. The van der Waals surface area contributed by atoms with Gasteiger partial charge < -0.3 is 24.2 Å². The number of fused-ring (bicyclic) bond motifs is 2. The summed E-state index contributed by atoms with van der Waals surface area (Å²) in [6.07, 6.45) is 0.718. The van der Waals surface area contributed by atoms with Crippen molar-refractivity contribution in [2.45, 2.75) is 18.9 Å². The first-order chi connectivity index (χ1) is 15.2. The van der Waals surface area contributed by atoms with Crippen molar-refractivity contribution in [3.05, 3.63) is 54.1 Å². The molecule has 3 aliphatic rings. The SMILES string of the molecule is O=C([C@@H]1CN(CCC(=O)N2CCc3ccccc32)c2ccccc2O1)N1CCOCC1. The lowest BCUT2D eigenvalue weighted by molar-refractivity contribution is -0.142. The van der Waals surface area contributed by atoms with E-state index < -0.39 is 6.10 Å². The minimum absolute atomic E-state index is 0.0115. The largest absolute Gasteiger partial charge is 0.477 e. The smallest absolute Gasteiger partial charge is 0.265 e. The summed E-state index contributed by atoms with van der Waals surface area (Å²) < 4.78 is 11.4. The average Bonchev–Trinajstić information content (AvgIpc) is 3.26. The minimum Gasteiger partial charge on any atom is -0.477 e. The fourth-order valence-corrected chi connectivity index (χ4v) is 4.60. The molecule has 3 aliphatic heterocycles. The highest BCUT2D eigenvalue weighted by molar-refractivity contribution is 5.95. The van der Waals surface area contributed by atoms with Crippen LogP contribution in [0.4, 0.5) is 11.4 Å². The number of hydrogen-bond donors (Lipinski definition) is 0. The Bertz CT molecular complexity index is 973. The standard InChI is InChI=1S/C24H27N3O4/c28-23(27-12-9-18-5-1-2-6-19(18)27)10-11-26-17-22(24(29)25-13-15-30-16-14-25)31-21-8-4-3-7-20(21)26/h1-8,22H,9-17H2/t22-/m0/s1. The number of carbonyl (C=O) groups is 2. The molecule has 0 spiro atoms. The number of hydrogen-bond acceptors (Lipinski definition) is 5. The van der Waals surface area contributed by atoms with E-state index in [-0.39, 0.29) is 11.8 Å². The Hall–Kier alpha value is -3.06. The van der Waals surface area contributed by atoms with Gasteiger partial charge in [0, 0.05) is 38.3 Å². The van der Waals surface area contributed by atoms with E-state index in [1.807, 2.05) is 52.3 Å². The van der Waals surface area contributed by atoms with E-state index in [1.54, 1.807) is 0 Å². The van der Waals surface area contributed by atoms with E-state index in [1.165, 1.54) is 5.56 Å². The van der Waals surface area contributed by atoms with Crippen LogP contribution in [0.5, 0.6) is 5.75 Å². The second-order valence-corrected chi connectivity index (χ2v) is 8.13. The van der Waals surface area contributed by atoms with Gasteiger partial charge in [-0.3, -0.25) is 9.59 Å². The molecule has 7 nitrogen and oxygen atoms in total. The van der Waals surface area contributed by atoms with Gasteiger partial charge in [-0.05, 0) is 30.2 Å². The summed E-state index contributed by atoms with van der Waals surface area (Å²) in [5.74, 6) is 0.798. The van der Waals surface area contributed by atoms with Crippen LogP contribution in [0.3, 0.4) is 0 Å². The molecule has 1 fully saturated rings. The summed E-state index contributed by atoms with van der Waals surface area (Å²) in [4.78, 5) is 31.9. The number of para-hydroxylation sites is 3. The molecule has 0 aliphatic carbocycles. The average molecular weight is 421 g/mol. The van der Waals surface area contributed by atoms with Gasteiger partial charge in [0.05, 0.1) is 25.4 Å². The maximum atomic E-state index is 13.0. The zero-order valence-electron chi connectivity index (χ0n) is 17.5. The molecule has 7 heteroatoms. The Morgan fingerprint density at radius 1 is 0.935 bits per heavy atom. The van der Waals surface area contributed by atoms with Crippen LogP contribution in [0.1, 0.15) is 12.0 Å². The van der Waals surface area contributed by atoms with Gasteiger partial charge in [0.1, 0.15) is 5.75 Å². The monoisotopic (exact) mass is 421 g/mol. The van der Waals surface area contributed by atoms with Gasteiger partial charge in [-0.15, -0.1) is 0 Å². The molecule has 1 saturated heterocycles. The van der Waals surface area contributed by atoms with Crippen LogP contribution < -0.4 is 14.5 Å². The highest BCUT2D eigenvalue weighted by atomic mass is 16.5. The first-order valence-electron chi connectivity index (χ1n) is 11.0. The molecule has 5 rings (SSSR count). The molecule has 0 aromatic heterocycles. The summed E-state index contributed by atoms with van der Waals surface area (Å²) >= 11 is 0. The Morgan fingerprint density at radius 2 is 1.68 bits per heavy atom. The zero-order valence-corrected chi connectivity index (χ0v) is 17.5. The summed E-state index contributed by atoms with van der Waals surface area (Å²) in [7, 11) is 0. The molecule has 162 valence electrons. The Balaban J connectivity index is 1.28. The third-order valence-electron chi connectivity index (χ3n) is 6.24. The van der Waals surface area contributed by atoms with Gasteiger partial charge in [0.15, 0.2) is 6.10 Å². The van der Waals surface area contributed by atoms with E-state index >= 15 is 0 Å². The molecule has 0 saturated carbocycles. The molecular weight excluding hydrogens is 394 g/mol. The van der Waals surface area contributed by atoms with Crippen molar-refractivity contribution in [1.29, 1.82) is 0 Å². The fourth-order valence-electron chi connectivity index (χ4n) is 4.60. The minimum atomic E-state index is -0.574. The van der Waals surface area contributed by atoms with Crippen LogP contribution in [-0.4, -0.2) is 68.8 Å². The lowest BCUT2D eigenvalue weighted by Crippen LogP contribution is -2.53. The number of benzene rings is 2. The maximum Gasteiger partial charge on any atom is 0.265 e. The van der Waals surface area contributed by atoms with E-state index in [2.05, 4.69) is 11.0 Å². The predicted molar refractivity (Wildman–Crippen MR) is 118 cm³/mol. The van der Waals surface area contributed by atoms with Gasteiger partial charge in [-0.2, -0.15) is 0 Å². The fraction of sp³-hybridized carbons (Fsp3) is 0.417. The van der Waals surface area contributed by atoms with E-state index in [9.17, 15) is 9.59 Å². The topological polar surface area (TPSA) is 62.3 Å². The first-order valence-corrected chi connectivity index (χ1v) is 11.0. The van der Waals surface area contributed by atoms with E-state index in [4.69, 9.17) is 9.47 Å². The summed E-state index contributed by atoms with van der Waals surface area (Å²) in [6, 6.07) is 15.8. The maximum absolute atomic E-state index is 13.0.